The fraction of sp³-hybridized carbons (Fsp3) is 0.222. The SMILES string of the molecule is CC1=CC(=O)C=C(Nc2cccc3c2C=CC(C)(C)O3)C1=O. The predicted octanol–water partition coefficient (Wildman–Crippen LogP) is 3.26. The van der Waals surface area contributed by atoms with Crippen molar-refractivity contribution in [2.45, 2.75) is 26.4 Å². The number of allylic oxidation sites excluding steroid dienone is 3. The minimum absolute atomic E-state index is 0.168. The van der Waals surface area contributed by atoms with E-state index in [1.165, 1.54) is 12.2 Å². The number of ketones is 2. The van der Waals surface area contributed by atoms with Crippen LogP contribution in [0.25, 0.3) is 6.08 Å². The number of rotatable bonds is 2. The average molecular weight is 295 g/mol. The summed E-state index contributed by atoms with van der Waals surface area (Å²) in [6.07, 6.45) is 6.61. The lowest BCUT2D eigenvalue weighted by atomic mass is 9.99. The van der Waals surface area contributed by atoms with Gasteiger partial charge in [0.1, 0.15) is 11.4 Å². The summed E-state index contributed by atoms with van der Waals surface area (Å²) in [4.78, 5) is 23.8. The first kappa shape index (κ1) is 14.3. The van der Waals surface area contributed by atoms with Gasteiger partial charge in [0.05, 0.1) is 5.70 Å². The number of Topliss-reactive ketones (excluding diaryl/α,β-unsaturated/α-hetero) is 1. The van der Waals surface area contributed by atoms with Crippen molar-refractivity contribution in [2.75, 3.05) is 5.32 Å². The first-order chi connectivity index (χ1) is 10.4. The summed E-state index contributed by atoms with van der Waals surface area (Å²) < 4.78 is 5.91. The van der Waals surface area contributed by atoms with E-state index in [9.17, 15) is 9.59 Å². The van der Waals surface area contributed by atoms with E-state index < -0.39 is 0 Å². The average Bonchev–Trinajstić information content (AvgIpc) is 2.43. The number of hydrogen-bond donors (Lipinski definition) is 1. The Balaban J connectivity index is 1.95. The second-order valence-corrected chi connectivity index (χ2v) is 6.00. The molecule has 0 saturated carbocycles. The van der Waals surface area contributed by atoms with E-state index in [0.717, 1.165) is 17.0 Å². The zero-order chi connectivity index (χ0) is 15.9. The fourth-order valence-electron chi connectivity index (χ4n) is 2.49. The fourth-order valence-corrected chi connectivity index (χ4v) is 2.49. The molecule has 0 unspecified atom stereocenters. The maximum atomic E-state index is 12.1. The monoisotopic (exact) mass is 295 g/mol. The Morgan fingerprint density at radius 1 is 1.14 bits per heavy atom. The summed E-state index contributed by atoms with van der Waals surface area (Å²) in [6.45, 7) is 5.60. The van der Waals surface area contributed by atoms with Gasteiger partial charge >= 0.3 is 0 Å². The zero-order valence-electron chi connectivity index (χ0n) is 12.8. The molecule has 0 atom stereocenters. The third-order valence-corrected chi connectivity index (χ3v) is 3.61. The maximum absolute atomic E-state index is 12.1. The van der Waals surface area contributed by atoms with Gasteiger partial charge in [-0.15, -0.1) is 0 Å². The summed E-state index contributed by atoms with van der Waals surface area (Å²) in [6, 6.07) is 5.60. The van der Waals surface area contributed by atoms with Crippen molar-refractivity contribution in [3.8, 4) is 5.75 Å². The van der Waals surface area contributed by atoms with Crippen LogP contribution in [0.1, 0.15) is 26.3 Å². The molecular weight excluding hydrogens is 278 g/mol. The molecule has 4 heteroatoms. The van der Waals surface area contributed by atoms with Crippen LogP contribution in [0.15, 0.2) is 47.7 Å². The van der Waals surface area contributed by atoms with Crippen LogP contribution in [0.5, 0.6) is 5.75 Å². The Labute approximate surface area is 129 Å². The molecule has 1 N–H and O–H groups in total. The lowest BCUT2D eigenvalue weighted by molar-refractivity contribution is -0.115. The lowest BCUT2D eigenvalue weighted by Gasteiger charge is -2.29. The lowest BCUT2D eigenvalue weighted by Crippen LogP contribution is -2.27. The third kappa shape index (κ3) is 2.60. The minimum Gasteiger partial charge on any atom is -0.483 e. The van der Waals surface area contributed by atoms with E-state index >= 15 is 0 Å². The Morgan fingerprint density at radius 3 is 2.68 bits per heavy atom. The molecule has 1 aliphatic carbocycles. The highest BCUT2D eigenvalue weighted by atomic mass is 16.5. The number of fused-ring (bicyclic) bond motifs is 1. The molecule has 3 rings (SSSR count). The van der Waals surface area contributed by atoms with E-state index in [0.29, 0.717) is 5.57 Å². The van der Waals surface area contributed by atoms with Gasteiger partial charge in [-0.3, -0.25) is 9.59 Å². The number of benzene rings is 1. The van der Waals surface area contributed by atoms with Crippen LogP contribution in [0, 0.1) is 0 Å². The van der Waals surface area contributed by atoms with Gasteiger partial charge in [-0.2, -0.15) is 0 Å². The Bertz CT molecular complexity index is 767. The third-order valence-electron chi connectivity index (χ3n) is 3.61. The number of anilines is 1. The molecule has 112 valence electrons. The summed E-state index contributed by atoms with van der Waals surface area (Å²) in [7, 11) is 0. The standard InChI is InChI=1S/C18H17NO3/c1-11-9-12(20)10-15(17(11)21)19-14-5-4-6-16-13(14)7-8-18(2,3)22-16/h4-10,19H,1-3H3. The van der Waals surface area contributed by atoms with Crippen LogP contribution in [-0.2, 0) is 9.59 Å². The predicted molar refractivity (Wildman–Crippen MR) is 85.7 cm³/mol. The molecule has 22 heavy (non-hydrogen) atoms. The maximum Gasteiger partial charge on any atom is 0.205 e. The van der Waals surface area contributed by atoms with Gasteiger partial charge in [0, 0.05) is 22.9 Å². The normalized spacial score (nSPS) is 19.0. The summed E-state index contributed by atoms with van der Waals surface area (Å²) in [5, 5.41) is 3.07. The van der Waals surface area contributed by atoms with Crippen molar-refractivity contribution in [1.29, 1.82) is 0 Å². The second kappa shape index (κ2) is 4.98. The molecular formula is C18H17NO3. The zero-order valence-corrected chi connectivity index (χ0v) is 12.8. The van der Waals surface area contributed by atoms with Crippen molar-refractivity contribution >= 4 is 23.3 Å². The molecule has 0 aromatic heterocycles. The topological polar surface area (TPSA) is 55.4 Å². The number of hydrogen-bond acceptors (Lipinski definition) is 4. The van der Waals surface area contributed by atoms with Crippen LogP contribution in [0.4, 0.5) is 5.69 Å². The molecule has 1 aromatic rings. The number of carbonyl (C=O) groups is 2. The number of ether oxygens (including phenoxy) is 1. The Morgan fingerprint density at radius 2 is 1.91 bits per heavy atom. The van der Waals surface area contributed by atoms with Crippen molar-refractivity contribution < 1.29 is 14.3 Å². The van der Waals surface area contributed by atoms with Gasteiger partial charge in [-0.05, 0) is 51.1 Å². The van der Waals surface area contributed by atoms with Crippen LogP contribution < -0.4 is 10.1 Å². The van der Waals surface area contributed by atoms with Crippen LogP contribution in [0.3, 0.4) is 0 Å². The van der Waals surface area contributed by atoms with Gasteiger partial charge in [0.25, 0.3) is 0 Å². The largest absolute Gasteiger partial charge is 0.483 e. The van der Waals surface area contributed by atoms with Crippen LogP contribution in [0.2, 0.25) is 0 Å². The first-order valence-electron chi connectivity index (χ1n) is 7.13. The molecule has 0 saturated heterocycles. The highest BCUT2D eigenvalue weighted by Gasteiger charge is 2.24. The molecule has 0 spiro atoms. The van der Waals surface area contributed by atoms with Gasteiger partial charge < -0.3 is 10.1 Å². The smallest absolute Gasteiger partial charge is 0.205 e. The van der Waals surface area contributed by atoms with Gasteiger partial charge in [-0.25, -0.2) is 0 Å². The van der Waals surface area contributed by atoms with E-state index in [2.05, 4.69) is 5.32 Å². The summed E-state index contributed by atoms with van der Waals surface area (Å²) >= 11 is 0. The highest BCUT2D eigenvalue weighted by molar-refractivity contribution is 6.21. The van der Waals surface area contributed by atoms with E-state index in [1.807, 2.05) is 44.2 Å². The Kier molecular flexibility index (Phi) is 3.24. The van der Waals surface area contributed by atoms with Crippen molar-refractivity contribution in [3.05, 3.63) is 53.3 Å². The molecule has 1 heterocycles. The van der Waals surface area contributed by atoms with E-state index in [-0.39, 0.29) is 22.9 Å². The molecule has 1 aromatic carbocycles. The minimum atomic E-state index is -0.360. The van der Waals surface area contributed by atoms with Crippen LogP contribution in [-0.4, -0.2) is 17.2 Å². The molecule has 1 aliphatic heterocycles. The summed E-state index contributed by atoms with van der Waals surface area (Å²) in [5.74, 6) is 0.399. The number of nitrogens with one attached hydrogen (secondary N) is 1. The Hall–Kier alpha value is -2.62. The van der Waals surface area contributed by atoms with Gasteiger partial charge in [-0.1, -0.05) is 6.07 Å². The van der Waals surface area contributed by atoms with Crippen molar-refractivity contribution in [1.82, 2.24) is 0 Å². The molecule has 0 fully saturated rings. The molecule has 2 aliphatic rings. The molecule has 0 bridgehead atoms. The van der Waals surface area contributed by atoms with E-state index in [1.54, 1.807) is 6.92 Å². The second-order valence-electron chi connectivity index (χ2n) is 6.00. The van der Waals surface area contributed by atoms with Gasteiger partial charge in [0.2, 0.25) is 5.78 Å². The van der Waals surface area contributed by atoms with Crippen molar-refractivity contribution in [3.63, 3.8) is 0 Å². The first-order valence-corrected chi connectivity index (χ1v) is 7.13. The van der Waals surface area contributed by atoms with Crippen LogP contribution >= 0.6 is 0 Å². The summed E-state index contributed by atoms with van der Waals surface area (Å²) in [5.41, 5.74) is 1.98. The molecule has 0 radical (unpaired) electrons. The molecule has 4 nitrogen and oxygen atoms in total. The molecule has 0 amide bonds. The number of carbonyl (C=O) groups excluding carboxylic acids is 2. The van der Waals surface area contributed by atoms with Gasteiger partial charge in [0.15, 0.2) is 5.78 Å². The quantitative estimate of drug-likeness (QED) is 0.851. The highest BCUT2D eigenvalue weighted by Crippen LogP contribution is 2.36. The van der Waals surface area contributed by atoms with E-state index in [4.69, 9.17) is 4.74 Å². The van der Waals surface area contributed by atoms with Crippen molar-refractivity contribution in [2.24, 2.45) is 0 Å².